The van der Waals surface area contributed by atoms with Gasteiger partial charge < -0.3 is 9.84 Å². The van der Waals surface area contributed by atoms with E-state index in [4.69, 9.17) is 4.74 Å². The lowest BCUT2D eigenvalue weighted by Crippen LogP contribution is -2.44. The highest BCUT2D eigenvalue weighted by Crippen LogP contribution is 2.37. The van der Waals surface area contributed by atoms with E-state index in [-0.39, 0.29) is 0 Å². The zero-order valence-corrected chi connectivity index (χ0v) is 10.3. The molecule has 1 unspecified atom stereocenters. The SMILES string of the molecule is C[Si](C)(C)CC1(C(=O)O)CCCOC1. The molecule has 0 bridgehead atoms. The summed E-state index contributed by atoms with van der Waals surface area (Å²) in [4.78, 5) is 11.3. The lowest BCUT2D eigenvalue weighted by Gasteiger charge is -2.37. The van der Waals surface area contributed by atoms with Gasteiger partial charge in [0.1, 0.15) is 0 Å². The maximum absolute atomic E-state index is 11.3. The van der Waals surface area contributed by atoms with E-state index in [1.807, 2.05) is 0 Å². The highest BCUT2D eigenvalue weighted by Gasteiger charge is 2.43. The van der Waals surface area contributed by atoms with Crippen molar-refractivity contribution in [3.8, 4) is 0 Å². The second-order valence-corrected chi connectivity index (χ2v) is 11.0. The van der Waals surface area contributed by atoms with Crippen molar-refractivity contribution in [2.45, 2.75) is 38.5 Å². The predicted octanol–water partition coefficient (Wildman–Crippen LogP) is 2.21. The Morgan fingerprint density at radius 3 is 2.50 bits per heavy atom. The maximum Gasteiger partial charge on any atom is 0.311 e. The number of hydrogen-bond acceptors (Lipinski definition) is 2. The summed E-state index contributed by atoms with van der Waals surface area (Å²) in [5.74, 6) is -0.667. The Balaban J connectivity index is 2.76. The van der Waals surface area contributed by atoms with Crippen LogP contribution in [0.4, 0.5) is 0 Å². The average molecular weight is 216 g/mol. The summed E-state index contributed by atoms with van der Waals surface area (Å²) in [6.45, 7) is 7.78. The van der Waals surface area contributed by atoms with Gasteiger partial charge in [0.15, 0.2) is 0 Å². The van der Waals surface area contributed by atoms with Crippen molar-refractivity contribution in [1.29, 1.82) is 0 Å². The van der Waals surface area contributed by atoms with Gasteiger partial charge in [0.05, 0.1) is 12.0 Å². The average Bonchev–Trinajstić information content (AvgIpc) is 2.02. The normalized spacial score (nSPS) is 28.8. The number of carbonyl (C=O) groups is 1. The lowest BCUT2D eigenvalue weighted by molar-refractivity contribution is -0.155. The number of rotatable bonds is 3. The van der Waals surface area contributed by atoms with Gasteiger partial charge in [0.25, 0.3) is 0 Å². The van der Waals surface area contributed by atoms with Crippen LogP contribution in [0.15, 0.2) is 0 Å². The molecule has 1 fully saturated rings. The summed E-state index contributed by atoms with van der Waals surface area (Å²) < 4.78 is 5.33. The largest absolute Gasteiger partial charge is 0.481 e. The summed E-state index contributed by atoms with van der Waals surface area (Å²) in [7, 11) is -1.34. The van der Waals surface area contributed by atoms with Gasteiger partial charge in [0.2, 0.25) is 0 Å². The van der Waals surface area contributed by atoms with Gasteiger partial charge in [0, 0.05) is 14.7 Å². The van der Waals surface area contributed by atoms with Crippen LogP contribution < -0.4 is 0 Å². The molecule has 0 amide bonds. The molecule has 14 heavy (non-hydrogen) atoms. The molecular weight excluding hydrogens is 196 g/mol. The molecule has 0 aromatic carbocycles. The number of ether oxygens (including phenoxy) is 1. The van der Waals surface area contributed by atoms with Crippen molar-refractivity contribution in [2.24, 2.45) is 5.41 Å². The fourth-order valence-corrected chi connectivity index (χ4v) is 4.71. The predicted molar refractivity (Wildman–Crippen MR) is 58.3 cm³/mol. The van der Waals surface area contributed by atoms with Crippen molar-refractivity contribution in [1.82, 2.24) is 0 Å². The minimum atomic E-state index is -1.34. The molecule has 1 N–H and O–H groups in total. The minimum absolute atomic E-state index is 0.409. The number of carboxylic acid groups (broad SMARTS) is 1. The summed E-state index contributed by atoms with van der Waals surface area (Å²) in [6.07, 6.45) is 1.67. The van der Waals surface area contributed by atoms with Crippen molar-refractivity contribution in [2.75, 3.05) is 13.2 Å². The molecule has 0 spiro atoms. The van der Waals surface area contributed by atoms with Gasteiger partial charge in [-0.1, -0.05) is 19.6 Å². The van der Waals surface area contributed by atoms with E-state index in [0.717, 1.165) is 25.5 Å². The number of hydrogen-bond donors (Lipinski definition) is 1. The molecular formula is C10H20O3Si. The molecule has 0 radical (unpaired) electrons. The highest BCUT2D eigenvalue weighted by atomic mass is 28.3. The summed E-state index contributed by atoms with van der Waals surface area (Å²) >= 11 is 0. The van der Waals surface area contributed by atoms with Crippen LogP contribution in [0.1, 0.15) is 12.8 Å². The van der Waals surface area contributed by atoms with E-state index in [0.29, 0.717) is 6.61 Å². The van der Waals surface area contributed by atoms with Crippen molar-refractivity contribution in [3.63, 3.8) is 0 Å². The molecule has 1 atom stereocenters. The highest BCUT2D eigenvalue weighted by molar-refractivity contribution is 6.76. The fraction of sp³-hybridized carbons (Fsp3) is 0.900. The van der Waals surface area contributed by atoms with E-state index < -0.39 is 19.5 Å². The molecule has 3 nitrogen and oxygen atoms in total. The van der Waals surface area contributed by atoms with Crippen LogP contribution in [0, 0.1) is 5.41 Å². The third-order valence-corrected chi connectivity index (χ3v) is 4.38. The van der Waals surface area contributed by atoms with E-state index >= 15 is 0 Å². The first-order valence-electron chi connectivity index (χ1n) is 5.17. The van der Waals surface area contributed by atoms with Gasteiger partial charge in [-0.25, -0.2) is 0 Å². The Morgan fingerprint density at radius 2 is 2.14 bits per heavy atom. The van der Waals surface area contributed by atoms with Crippen LogP contribution in [-0.2, 0) is 9.53 Å². The third-order valence-electron chi connectivity index (χ3n) is 2.64. The molecule has 0 aromatic rings. The van der Waals surface area contributed by atoms with Crippen LogP contribution >= 0.6 is 0 Å². The van der Waals surface area contributed by atoms with Crippen LogP contribution in [0.25, 0.3) is 0 Å². The van der Waals surface area contributed by atoms with Crippen LogP contribution in [-0.4, -0.2) is 32.4 Å². The van der Waals surface area contributed by atoms with Crippen molar-refractivity contribution >= 4 is 14.0 Å². The van der Waals surface area contributed by atoms with Gasteiger partial charge >= 0.3 is 5.97 Å². The minimum Gasteiger partial charge on any atom is -0.481 e. The first kappa shape index (κ1) is 11.7. The van der Waals surface area contributed by atoms with Gasteiger partial charge in [-0.3, -0.25) is 4.79 Å². The molecule has 4 heteroatoms. The topological polar surface area (TPSA) is 46.5 Å². The van der Waals surface area contributed by atoms with Gasteiger partial charge in [-0.05, 0) is 18.9 Å². The summed E-state index contributed by atoms with van der Waals surface area (Å²) in [5.41, 5.74) is -0.581. The van der Waals surface area contributed by atoms with Crippen LogP contribution in [0.5, 0.6) is 0 Å². The molecule has 82 valence electrons. The Kier molecular flexibility index (Phi) is 3.37. The van der Waals surface area contributed by atoms with E-state index in [9.17, 15) is 9.90 Å². The molecule has 0 aliphatic carbocycles. The third kappa shape index (κ3) is 2.82. The first-order valence-corrected chi connectivity index (χ1v) is 8.88. The Morgan fingerprint density at radius 1 is 1.50 bits per heavy atom. The number of carboxylic acids is 1. The summed E-state index contributed by atoms with van der Waals surface area (Å²) in [6, 6.07) is 0.829. The second-order valence-electron chi connectivity index (χ2n) is 5.48. The maximum atomic E-state index is 11.3. The quantitative estimate of drug-likeness (QED) is 0.736. The standard InChI is InChI=1S/C10H20O3Si/c1-14(2,3)8-10(9(11)12)5-4-6-13-7-10/h4-8H2,1-3H3,(H,11,12). The smallest absolute Gasteiger partial charge is 0.311 e. The van der Waals surface area contributed by atoms with Crippen LogP contribution in [0.3, 0.4) is 0 Å². The Bertz CT molecular complexity index is 214. The van der Waals surface area contributed by atoms with E-state index in [1.54, 1.807) is 0 Å². The second kappa shape index (κ2) is 4.02. The van der Waals surface area contributed by atoms with Gasteiger partial charge in [-0.2, -0.15) is 0 Å². The molecule has 1 aliphatic rings. The fourth-order valence-electron chi connectivity index (χ4n) is 2.25. The molecule has 1 aliphatic heterocycles. The molecule has 1 heterocycles. The molecule has 1 rings (SSSR count). The molecule has 0 saturated carbocycles. The van der Waals surface area contributed by atoms with Crippen LogP contribution in [0.2, 0.25) is 25.7 Å². The molecule has 0 aromatic heterocycles. The molecule has 1 saturated heterocycles. The lowest BCUT2D eigenvalue weighted by atomic mass is 9.85. The first-order chi connectivity index (χ1) is 6.36. The van der Waals surface area contributed by atoms with E-state index in [1.165, 1.54) is 0 Å². The van der Waals surface area contributed by atoms with Crippen molar-refractivity contribution in [3.05, 3.63) is 0 Å². The zero-order chi connectivity index (χ0) is 10.8. The zero-order valence-electron chi connectivity index (χ0n) is 9.30. The van der Waals surface area contributed by atoms with E-state index in [2.05, 4.69) is 19.6 Å². The Labute approximate surface area is 86.5 Å². The monoisotopic (exact) mass is 216 g/mol. The summed E-state index contributed by atoms with van der Waals surface area (Å²) in [5, 5.41) is 9.29. The Hall–Kier alpha value is -0.353. The van der Waals surface area contributed by atoms with Crippen molar-refractivity contribution < 1.29 is 14.6 Å². The van der Waals surface area contributed by atoms with Gasteiger partial charge in [-0.15, -0.1) is 0 Å². The number of aliphatic carboxylic acids is 1.